The van der Waals surface area contributed by atoms with Gasteiger partial charge in [-0.2, -0.15) is 0 Å². The number of para-hydroxylation sites is 1. The van der Waals surface area contributed by atoms with Crippen LogP contribution in [0.4, 0.5) is 5.69 Å². The normalized spacial score (nSPS) is 11.8. The van der Waals surface area contributed by atoms with Crippen molar-refractivity contribution in [3.63, 3.8) is 0 Å². The maximum Gasteiger partial charge on any atom is 0.375 e. The van der Waals surface area contributed by atoms with Crippen LogP contribution in [-0.4, -0.2) is 30.4 Å². The average Bonchev–Trinajstić information content (AvgIpc) is 3.11. The molecule has 0 aliphatic rings. The Hall–Kier alpha value is -3.45. The zero-order chi connectivity index (χ0) is 21.7. The summed E-state index contributed by atoms with van der Waals surface area (Å²) in [7, 11) is 0. The molecule has 0 saturated heterocycles. The van der Waals surface area contributed by atoms with Crippen molar-refractivity contribution in [1.29, 1.82) is 0 Å². The van der Waals surface area contributed by atoms with Gasteiger partial charge in [-0.25, -0.2) is 4.79 Å². The summed E-state index contributed by atoms with van der Waals surface area (Å²) in [6.07, 6.45) is -1.08. The van der Waals surface area contributed by atoms with Crippen molar-refractivity contribution in [1.82, 2.24) is 0 Å². The van der Waals surface area contributed by atoms with E-state index in [4.69, 9.17) is 13.9 Å². The van der Waals surface area contributed by atoms with Gasteiger partial charge in [-0.15, -0.1) is 0 Å². The number of anilines is 1. The van der Waals surface area contributed by atoms with Crippen LogP contribution in [0, 0.1) is 0 Å². The number of fused-ring (bicyclic) bond motifs is 1. The van der Waals surface area contributed by atoms with Gasteiger partial charge >= 0.3 is 5.97 Å². The number of nitrogens with one attached hydrogen (secondary N) is 1. The largest absolute Gasteiger partial charge is 0.449 e. The molecule has 0 radical (unpaired) electrons. The lowest BCUT2D eigenvalue weighted by molar-refractivity contribution is -0.123. The molecule has 156 valence electrons. The fourth-order valence-electron chi connectivity index (χ4n) is 2.94. The predicted octanol–water partition coefficient (Wildman–Crippen LogP) is 4.36. The molecule has 0 bridgehead atoms. The highest BCUT2D eigenvalue weighted by Gasteiger charge is 2.26. The number of hydrogen-bond acceptors (Lipinski definition) is 6. The molecule has 1 atom stereocenters. The van der Waals surface area contributed by atoms with Crippen LogP contribution in [0.2, 0.25) is 0 Å². The van der Waals surface area contributed by atoms with Crippen LogP contribution in [0.5, 0.6) is 0 Å². The summed E-state index contributed by atoms with van der Waals surface area (Å²) in [6, 6.07) is 13.8. The molecule has 0 saturated carbocycles. The summed E-state index contributed by atoms with van der Waals surface area (Å²) in [5.74, 6) is -1.37. The second-order valence-electron chi connectivity index (χ2n) is 6.72. The lowest BCUT2D eigenvalue weighted by Gasteiger charge is -2.13. The van der Waals surface area contributed by atoms with E-state index in [1.165, 1.54) is 13.8 Å². The van der Waals surface area contributed by atoms with Gasteiger partial charge in [0, 0.05) is 28.8 Å². The van der Waals surface area contributed by atoms with Crippen molar-refractivity contribution in [3.05, 3.63) is 65.4 Å². The molecule has 0 unspecified atom stereocenters. The number of esters is 1. The molecular weight excluding hydrogens is 386 g/mol. The number of Topliss-reactive ketones (excluding diaryl/α,β-unsaturated/α-hetero) is 1. The molecule has 1 heterocycles. The first-order valence-corrected chi connectivity index (χ1v) is 9.61. The summed E-state index contributed by atoms with van der Waals surface area (Å²) in [6.45, 7) is 5.43. The second-order valence-corrected chi connectivity index (χ2v) is 6.72. The molecular formula is C23H23NO6. The summed E-state index contributed by atoms with van der Waals surface area (Å²) in [5, 5.41) is 3.41. The molecule has 3 rings (SSSR count). The van der Waals surface area contributed by atoms with Crippen molar-refractivity contribution in [3.8, 4) is 0 Å². The van der Waals surface area contributed by atoms with Gasteiger partial charge in [0.1, 0.15) is 5.58 Å². The highest BCUT2D eigenvalue weighted by Crippen LogP contribution is 2.27. The number of carbonyl (C=O) groups excluding carboxylic acids is 3. The van der Waals surface area contributed by atoms with Crippen molar-refractivity contribution in [2.75, 3.05) is 11.9 Å². The number of hydrogen-bond donors (Lipinski definition) is 1. The molecule has 0 spiro atoms. The number of furan rings is 1. The van der Waals surface area contributed by atoms with Gasteiger partial charge in [0.25, 0.3) is 5.91 Å². The first-order chi connectivity index (χ1) is 14.4. The van der Waals surface area contributed by atoms with E-state index in [2.05, 4.69) is 5.32 Å². The Morgan fingerprint density at radius 2 is 1.87 bits per heavy atom. The van der Waals surface area contributed by atoms with Crippen molar-refractivity contribution >= 4 is 34.3 Å². The van der Waals surface area contributed by atoms with Gasteiger partial charge in [0.2, 0.25) is 5.76 Å². The third-order valence-corrected chi connectivity index (χ3v) is 4.52. The van der Waals surface area contributed by atoms with Gasteiger partial charge < -0.3 is 19.2 Å². The lowest BCUT2D eigenvalue weighted by atomic mass is 10.1. The Morgan fingerprint density at radius 3 is 2.60 bits per heavy atom. The number of amides is 1. The average molecular weight is 409 g/mol. The van der Waals surface area contributed by atoms with E-state index in [0.717, 1.165) is 5.39 Å². The van der Waals surface area contributed by atoms with Gasteiger partial charge in [-0.05, 0) is 39.0 Å². The molecule has 2 aromatic carbocycles. The highest BCUT2D eigenvalue weighted by atomic mass is 16.6. The topological polar surface area (TPSA) is 94.8 Å². The maximum absolute atomic E-state index is 12.7. The molecule has 0 aliphatic carbocycles. The summed E-state index contributed by atoms with van der Waals surface area (Å²) in [4.78, 5) is 36.7. The molecule has 1 N–H and O–H groups in total. The number of rotatable bonds is 8. The van der Waals surface area contributed by atoms with Gasteiger partial charge in [0.05, 0.1) is 6.61 Å². The van der Waals surface area contributed by atoms with Crippen LogP contribution in [0.1, 0.15) is 47.2 Å². The fourth-order valence-corrected chi connectivity index (χ4v) is 2.94. The van der Waals surface area contributed by atoms with Gasteiger partial charge in [-0.3, -0.25) is 9.59 Å². The van der Waals surface area contributed by atoms with Crippen LogP contribution in [-0.2, 0) is 20.9 Å². The molecule has 30 heavy (non-hydrogen) atoms. The first kappa shape index (κ1) is 21.3. The Balaban J connectivity index is 1.74. The predicted molar refractivity (Wildman–Crippen MR) is 111 cm³/mol. The Morgan fingerprint density at radius 1 is 1.10 bits per heavy atom. The van der Waals surface area contributed by atoms with E-state index in [0.29, 0.717) is 29.0 Å². The van der Waals surface area contributed by atoms with Gasteiger partial charge in [-0.1, -0.05) is 30.3 Å². The van der Waals surface area contributed by atoms with Crippen LogP contribution < -0.4 is 5.32 Å². The van der Waals surface area contributed by atoms with Crippen molar-refractivity contribution in [2.24, 2.45) is 0 Å². The third kappa shape index (κ3) is 4.75. The molecule has 3 aromatic rings. The number of benzene rings is 2. The minimum atomic E-state index is -1.08. The van der Waals surface area contributed by atoms with Crippen LogP contribution >= 0.6 is 0 Å². The zero-order valence-electron chi connectivity index (χ0n) is 17.1. The van der Waals surface area contributed by atoms with Crippen LogP contribution in [0.3, 0.4) is 0 Å². The maximum atomic E-state index is 12.7. The van der Waals surface area contributed by atoms with Gasteiger partial charge in [0.15, 0.2) is 11.9 Å². The molecule has 7 heteroatoms. The zero-order valence-corrected chi connectivity index (χ0v) is 17.1. The Bertz CT molecular complexity index is 1080. The summed E-state index contributed by atoms with van der Waals surface area (Å²) in [5.41, 5.74) is 2.04. The van der Waals surface area contributed by atoms with E-state index in [1.807, 2.05) is 19.1 Å². The van der Waals surface area contributed by atoms with Crippen LogP contribution in [0.25, 0.3) is 11.0 Å². The number of ketones is 1. The molecule has 0 aliphatic heterocycles. The smallest absolute Gasteiger partial charge is 0.375 e. The van der Waals surface area contributed by atoms with Crippen molar-refractivity contribution < 1.29 is 28.3 Å². The second kappa shape index (κ2) is 9.37. The van der Waals surface area contributed by atoms with E-state index in [1.54, 1.807) is 36.4 Å². The molecule has 7 nitrogen and oxygen atoms in total. The third-order valence-electron chi connectivity index (χ3n) is 4.52. The number of ether oxygens (including phenoxy) is 2. The van der Waals surface area contributed by atoms with E-state index < -0.39 is 18.0 Å². The lowest BCUT2D eigenvalue weighted by Crippen LogP contribution is -2.30. The Kier molecular flexibility index (Phi) is 6.64. The summed E-state index contributed by atoms with van der Waals surface area (Å²) < 4.78 is 16.5. The molecule has 1 aromatic heterocycles. The minimum Gasteiger partial charge on any atom is -0.449 e. The quantitative estimate of drug-likeness (QED) is 0.439. The summed E-state index contributed by atoms with van der Waals surface area (Å²) >= 11 is 0. The highest BCUT2D eigenvalue weighted by molar-refractivity contribution is 6.00. The first-order valence-electron chi connectivity index (χ1n) is 9.61. The van der Waals surface area contributed by atoms with Crippen molar-refractivity contribution in [2.45, 2.75) is 33.5 Å². The van der Waals surface area contributed by atoms with E-state index in [9.17, 15) is 14.4 Å². The Labute approximate surface area is 174 Å². The standard InChI is InChI=1S/C23H23NO6/c1-4-28-13-19-18-10-5-6-11-20(18)30-21(19)23(27)29-15(3)22(26)24-17-9-7-8-16(12-17)14(2)25/h5-12,15H,4,13H2,1-3H3,(H,24,26)/t15-/m1/s1. The van der Waals surface area contributed by atoms with E-state index in [-0.39, 0.29) is 18.2 Å². The minimum absolute atomic E-state index is 0.0166. The molecule has 1 amide bonds. The SMILES string of the molecule is CCOCc1c(C(=O)O[C@H](C)C(=O)Nc2cccc(C(C)=O)c2)oc2ccccc12. The molecule has 0 fully saturated rings. The van der Waals surface area contributed by atoms with E-state index >= 15 is 0 Å². The fraction of sp³-hybridized carbons (Fsp3) is 0.261. The van der Waals surface area contributed by atoms with Crippen LogP contribution in [0.15, 0.2) is 52.9 Å². The number of carbonyl (C=O) groups is 3. The monoisotopic (exact) mass is 409 g/mol.